The van der Waals surface area contributed by atoms with Crippen molar-refractivity contribution in [2.24, 2.45) is 0 Å². The average Bonchev–Trinajstić information content (AvgIpc) is 2.44. The monoisotopic (exact) mass is 199 g/mol. The van der Waals surface area contributed by atoms with Gasteiger partial charge in [0.2, 0.25) is 10.9 Å². The summed E-state index contributed by atoms with van der Waals surface area (Å²) in [6, 6.07) is 0. The van der Waals surface area contributed by atoms with Crippen molar-refractivity contribution in [3.8, 4) is 0 Å². The lowest BCUT2D eigenvalue weighted by molar-refractivity contribution is 0.130. The summed E-state index contributed by atoms with van der Waals surface area (Å²) in [5.74, 6) is 0. The van der Waals surface area contributed by atoms with Crippen molar-refractivity contribution in [2.45, 2.75) is 17.9 Å². The van der Waals surface area contributed by atoms with Crippen molar-refractivity contribution in [3.05, 3.63) is 0 Å². The summed E-state index contributed by atoms with van der Waals surface area (Å²) < 4.78 is 25.8. The predicted molar refractivity (Wildman–Crippen MR) is 37.7 cm³/mol. The number of hydrogen-bond acceptors (Lipinski definition) is 4. The molecule has 0 aromatic heterocycles. The average molecular weight is 200 g/mol. The lowest BCUT2D eigenvalue weighted by Gasteiger charge is -2.05. The third-order valence-corrected chi connectivity index (χ3v) is 1.92. The molecular formula is C4H6ClNO4S. The van der Waals surface area contributed by atoms with Crippen LogP contribution in [0, 0.1) is 0 Å². The minimum atomic E-state index is -2.95. The maximum absolute atomic E-state index is 10.5. The number of alkyl halides is 1. The van der Waals surface area contributed by atoms with Gasteiger partial charge >= 0.3 is 6.09 Å². The van der Waals surface area contributed by atoms with Gasteiger partial charge in [-0.15, -0.1) is 0 Å². The highest BCUT2D eigenvalue weighted by Gasteiger charge is 2.45. The first-order valence-corrected chi connectivity index (χ1v) is 4.40. The molecule has 1 saturated carbocycles. The zero-order valence-electron chi connectivity index (χ0n) is 5.37. The molecule has 0 heterocycles. The Hall–Kier alpha value is -0.490. The summed E-state index contributed by atoms with van der Waals surface area (Å²) in [7, 11) is -2.95. The van der Waals surface area contributed by atoms with Crippen molar-refractivity contribution in [1.82, 2.24) is 4.72 Å². The van der Waals surface area contributed by atoms with Crippen LogP contribution in [0.2, 0.25) is 0 Å². The normalized spacial score (nSPS) is 19.5. The van der Waals surface area contributed by atoms with Gasteiger partial charge in [0.1, 0.15) is 0 Å². The fourth-order valence-electron chi connectivity index (χ4n) is 0.464. The van der Waals surface area contributed by atoms with Crippen LogP contribution in [0.15, 0.2) is 0 Å². The van der Waals surface area contributed by atoms with E-state index in [4.69, 9.17) is 11.6 Å². The highest BCUT2D eigenvalue weighted by molar-refractivity contribution is 7.70. The first-order valence-electron chi connectivity index (χ1n) is 2.85. The van der Waals surface area contributed by atoms with Crippen molar-refractivity contribution in [3.63, 3.8) is 0 Å². The maximum Gasteiger partial charge on any atom is 0.422 e. The molecule has 0 aromatic carbocycles. The van der Waals surface area contributed by atoms with Crippen LogP contribution in [-0.2, 0) is 15.6 Å². The molecule has 1 fully saturated rings. The van der Waals surface area contributed by atoms with Crippen LogP contribution in [-0.4, -0.2) is 19.6 Å². The molecule has 1 amide bonds. The van der Waals surface area contributed by atoms with Gasteiger partial charge < -0.3 is 4.74 Å². The van der Waals surface area contributed by atoms with E-state index in [2.05, 4.69) is 4.74 Å². The Morgan fingerprint density at radius 3 is 2.45 bits per heavy atom. The summed E-state index contributed by atoms with van der Waals surface area (Å²) in [6.07, 6.45) is 0.114. The van der Waals surface area contributed by atoms with Gasteiger partial charge in [0, 0.05) is 12.8 Å². The van der Waals surface area contributed by atoms with Crippen molar-refractivity contribution in [1.29, 1.82) is 0 Å². The fourth-order valence-corrected chi connectivity index (χ4v) is 0.823. The molecule has 11 heavy (non-hydrogen) atoms. The summed E-state index contributed by atoms with van der Waals surface area (Å²) in [6.45, 7) is 0. The molecule has 0 spiro atoms. The van der Waals surface area contributed by atoms with E-state index in [1.807, 2.05) is 0 Å². The molecule has 0 unspecified atom stereocenters. The van der Waals surface area contributed by atoms with Gasteiger partial charge in [-0.3, -0.25) is 0 Å². The van der Waals surface area contributed by atoms with Crippen molar-refractivity contribution < 1.29 is 17.9 Å². The topological polar surface area (TPSA) is 72.5 Å². The SMILES string of the molecule is O=C(N[SH](=O)=O)OC1(Cl)CC1. The van der Waals surface area contributed by atoms with Crippen LogP contribution in [0.1, 0.15) is 12.8 Å². The van der Waals surface area contributed by atoms with Crippen LogP contribution in [0.5, 0.6) is 0 Å². The molecule has 1 rings (SSSR count). The molecule has 0 saturated heterocycles. The van der Waals surface area contributed by atoms with Crippen molar-refractivity contribution >= 4 is 28.6 Å². The lowest BCUT2D eigenvalue weighted by Crippen LogP contribution is -2.26. The molecule has 5 nitrogen and oxygen atoms in total. The molecule has 1 N–H and O–H groups in total. The third-order valence-electron chi connectivity index (χ3n) is 1.10. The van der Waals surface area contributed by atoms with Crippen LogP contribution >= 0.6 is 11.6 Å². The maximum atomic E-state index is 10.5. The van der Waals surface area contributed by atoms with E-state index in [0.29, 0.717) is 12.8 Å². The second-order valence-electron chi connectivity index (χ2n) is 2.14. The summed E-state index contributed by atoms with van der Waals surface area (Å²) >= 11 is 5.54. The highest BCUT2D eigenvalue weighted by Crippen LogP contribution is 2.43. The fraction of sp³-hybridized carbons (Fsp3) is 0.750. The largest absolute Gasteiger partial charge is 0.426 e. The molecular weight excluding hydrogens is 194 g/mol. The quantitative estimate of drug-likeness (QED) is 0.484. The van der Waals surface area contributed by atoms with E-state index >= 15 is 0 Å². The Morgan fingerprint density at radius 1 is 1.55 bits per heavy atom. The van der Waals surface area contributed by atoms with E-state index < -0.39 is 22.0 Å². The molecule has 0 bridgehead atoms. The summed E-state index contributed by atoms with van der Waals surface area (Å²) in [5.41, 5.74) is 0. The van der Waals surface area contributed by atoms with Crippen LogP contribution in [0.3, 0.4) is 0 Å². The van der Waals surface area contributed by atoms with Gasteiger partial charge in [-0.25, -0.2) is 17.9 Å². The molecule has 1 aliphatic rings. The minimum absolute atomic E-state index is 0.567. The van der Waals surface area contributed by atoms with E-state index in [1.165, 1.54) is 0 Å². The van der Waals surface area contributed by atoms with Crippen LogP contribution in [0.25, 0.3) is 0 Å². The number of amides is 1. The molecule has 0 atom stereocenters. The van der Waals surface area contributed by atoms with Crippen molar-refractivity contribution in [2.75, 3.05) is 0 Å². The van der Waals surface area contributed by atoms with E-state index in [0.717, 1.165) is 0 Å². The van der Waals surface area contributed by atoms with E-state index in [-0.39, 0.29) is 0 Å². The first kappa shape index (κ1) is 8.61. The molecule has 0 aromatic rings. The number of hydrogen-bond donors (Lipinski definition) is 2. The lowest BCUT2D eigenvalue weighted by atomic mass is 10.8. The standard InChI is InChI=1S/C4H6ClNO4S/c5-4(1-2-4)10-3(7)6-11(8)9/h11H,1-2H2,(H,6,7,8,9). The Kier molecular flexibility index (Phi) is 2.24. The first-order chi connectivity index (χ1) is 5.02. The van der Waals surface area contributed by atoms with E-state index in [1.54, 1.807) is 4.72 Å². The molecule has 1 aliphatic carbocycles. The second-order valence-corrected chi connectivity index (χ2v) is 3.57. The number of carbonyl (C=O) groups is 1. The van der Waals surface area contributed by atoms with Gasteiger partial charge in [-0.2, -0.15) is 0 Å². The Bertz CT molecular complexity index is 238. The number of carbonyl (C=O) groups excluding carboxylic acids is 1. The zero-order valence-corrected chi connectivity index (χ0v) is 7.02. The van der Waals surface area contributed by atoms with Gasteiger partial charge in [-0.05, 0) is 0 Å². The number of rotatable bonds is 2. The summed E-state index contributed by atoms with van der Waals surface area (Å²) in [4.78, 5) is 10.5. The minimum Gasteiger partial charge on any atom is -0.426 e. The molecule has 64 valence electrons. The Balaban J connectivity index is 2.32. The predicted octanol–water partition coefficient (Wildman–Crippen LogP) is -0.0321. The second kappa shape index (κ2) is 2.86. The Labute approximate surface area is 69.7 Å². The van der Waals surface area contributed by atoms with Crippen LogP contribution in [0.4, 0.5) is 4.79 Å². The highest BCUT2D eigenvalue weighted by atomic mass is 35.5. The van der Waals surface area contributed by atoms with Gasteiger partial charge in [0.15, 0.2) is 5.06 Å². The number of ether oxygens (including phenoxy) is 1. The zero-order chi connectivity index (χ0) is 8.48. The number of halogens is 1. The third kappa shape index (κ3) is 2.94. The summed E-state index contributed by atoms with van der Waals surface area (Å²) in [5, 5.41) is -0.949. The molecule has 7 heteroatoms. The van der Waals surface area contributed by atoms with Gasteiger partial charge in [0.25, 0.3) is 0 Å². The molecule has 0 radical (unpaired) electrons. The Morgan fingerprint density at radius 2 is 2.09 bits per heavy atom. The van der Waals surface area contributed by atoms with E-state index in [9.17, 15) is 13.2 Å². The molecule has 0 aliphatic heterocycles. The van der Waals surface area contributed by atoms with Gasteiger partial charge in [0.05, 0.1) is 0 Å². The van der Waals surface area contributed by atoms with Gasteiger partial charge in [-0.1, -0.05) is 11.6 Å². The smallest absolute Gasteiger partial charge is 0.422 e. The number of thiol groups is 1. The van der Waals surface area contributed by atoms with Crippen LogP contribution < -0.4 is 4.72 Å². The number of nitrogens with one attached hydrogen (secondary N) is 1.